The normalized spacial score (nSPS) is 10.8. The first-order chi connectivity index (χ1) is 9.60. The van der Waals surface area contributed by atoms with E-state index in [9.17, 15) is 4.79 Å². The summed E-state index contributed by atoms with van der Waals surface area (Å²) in [5.74, 6) is 0.944. The van der Waals surface area contributed by atoms with Crippen molar-refractivity contribution < 1.29 is 9.53 Å². The quantitative estimate of drug-likeness (QED) is 0.606. The smallest absolute Gasteiger partial charge is 0.159 e. The molecule has 0 N–H and O–H groups in total. The van der Waals surface area contributed by atoms with Crippen LogP contribution < -0.4 is 4.74 Å². The molecule has 0 heterocycles. The number of ether oxygens (including phenoxy) is 1. The third-order valence-corrected chi connectivity index (χ3v) is 3.23. The molecule has 0 saturated carbocycles. The summed E-state index contributed by atoms with van der Waals surface area (Å²) in [6, 6.07) is 13.6. The summed E-state index contributed by atoms with van der Waals surface area (Å²) in [6.45, 7) is 3.63. The Morgan fingerprint density at radius 3 is 2.55 bits per heavy atom. The van der Waals surface area contributed by atoms with Gasteiger partial charge in [-0.25, -0.2) is 0 Å². The first-order valence-corrected chi connectivity index (χ1v) is 6.54. The van der Waals surface area contributed by atoms with Gasteiger partial charge in [-0.3, -0.25) is 4.79 Å². The maximum Gasteiger partial charge on any atom is 0.159 e. The summed E-state index contributed by atoms with van der Waals surface area (Å²) in [4.78, 5) is 11.4. The summed E-state index contributed by atoms with van der Waals surface area (Å²) in [6.07, 6.45) is 4.06. The molecule has 0 aliphatic heterocycles. The van der Waals surface area contributed by atoms with E-state index in [0.717, 1.165) is 28.0 Å². The Labute approximate surface area is 119 Å². The van der Waals surface area contributed by atoms with E-state index in [1.54, 1.807) is 14.0 Å². The van der Waals surface area contributed by atoms with E-state index in [1.165, 1.54) is 0 Å². The second-order valence-electron chi connectivity index (χ2n) is 4.74. The zero-order valence-corrected chi connectivity index (χ0v) is 12.0. The molecule has 0 aromatic heterocycles. The Balaban J connectivity index is 2.25. The highest BCUT2D eigenvalue weighted by Crippen LogP contribution is 2.19. The SMILES string of the molecule is COc1ccc(/C=C\c2cccc(C(C)=O)c2)c(C)c1. The van der Waals surface area contributed by atoms with E-state index in [2.05, 4.69) is 0 Å². The fourth-order valence-corrected chi connectivity index (χ4v) is 2.01. The van der Waals surface area contributed by atoms with Crippen LogP contribution in [0.15, 0.2) is 42.5 Å². The highest BCUT2D eigenvalue weighted by molar-refractivity contribution is 5.94. The number of carbonyl (C=O) groups is 1. The van der Waals surface area contributed by atoms with Crippen LogP contribution in [0.3, 0.4) is 0 Å². The molecule has 0 aliphatic carbocycles. The number of ketones is 1. The van der Waals surface area contributed by atoms with Crippen molar-refractivity contribution in [3.8, 4) is 5.75 Å². The lowest BCUT2D eigenvalue weighted by atomic mass is 10.0. The number of hydrogen-bond acceptors (Lipinski definition) is 2. The van der Waals surface area contributed by atoms with Gasteiger partial charge in [-0.2, -0.15) is 0 Å². The lowest BCUT2D eigenvalue weighted by Gasteiger charge is -2.04. The van der Waals surface area contributed by atoms with Crippen LogP contribution in [0.25, 0.3) is 12.2 Å². The first-order valence-electron chi connectivity index (χ1n) is 6.54. The Hall–Kier alpha value is -2.35. The van der Waals surface area contributed by atoms with Crippen LogP contribution in [-0.4, -0.2) is 12.9 Å². The average Bonchev–Trinajstić information content (AvgIpc) is 2.46. The molecule has 2 rings (SSSR count). The van der Waals surface area contributed by atoms with Crippen LogP contribution in [-0.2, 0) is 0 Å². The molecule has 2 heteroatoms. The van der Waals surface area contributed by atoms with Gasteiger partial charge in [0.1, 0.15) is 5.75 Å². The Morgan fingerprint density at radius 2 is 1.90 bits per heavy atom. The number of rotatable bonds is 4. The summed E-state index contributed by atoms with van der Waals surface area (Å²) in [5.41, 5.74) is 4.05. The molecule has 2 aromatic rings. The van der Waals surface area contributed by atoms with E-state index in [-0.39, 0.29) is 5.78 Å². The number of benzene rings is 2. The Bertz CT molecular complexity index is 654. The largest absolute Gasteiger partial charge is 0.497 e. The molecule has 0 fully saturated rings. The molecular weight excluding hydrogens is 248 g/mol. The molecule has 0 amide bonds. The molecule has 2 aromatic carbocycles. The van der Waals surface area contributed by atoms with Gasteiger partial charge < -0.3 is 4.74 Å². The number of Topliss-reactive ketones (excluding diaryl/α,β-unsaturated/α-hetero) is 1. The predicted octanol–water partition coefficient (Wildman–Crippen LogP) is 4.38. The second kappa shape index (κ2) is 6.20. The van der Waals surface area contributed by atoms with Gasteiger partial charge in [0, 0.05) is 5.56 Å². The summed E-state index contributed by atoms with van der Waals surface area (Å²) < 4.78 is 5.19. The summed E-state index contributed by atoms with van der Waals surface area (Å²) in [5, 5.41) is 0. The van der Waals surface area contributed by atoms with Gasteiger partial charge >= 0.3 is 0 Å². The topological polar surface area (TPSA) is 26.3 Å². The van der Waals surface area contributed by atoms with Crippen molar-refractivity contribution in [3.63, 3.8) is 0 Å². The zero-order chi connectivity index (χ0) is 14.5. The molecule has 0 aliphatic rings. The number of hydrogen-bond donors (Lipinski definition) is 0. The minimum atomic E-state index is 0.0841. The highest BCUT2D eigenvalue weighted by atomic mass is 16.5. The van der Waals surface area contributed by atoms with Crippen molar-refractivity contribution in [1.82, 2.24) is 0 Å². The molecule has 0 atom stereocenters. The van der Waals surface area contributed by atoms with Crippen molar-refractivity contribution in [2.75, 3.05) is 7.11 Å². The van der Waals surface area contributed by atoms with Gasteiger partial charge in [0.2, 0.25) is 0 Å². The zero-order valence-electron chi connectivity index (χ0n) is 12.0. The van der Waals surface area contributed by atoms with Gasteiger partial charge in [0.15, 0.2) is 5.78 Å². The van der Waals surface area contributed by atoms with Gasteiger partial charge in [-0.1, -0.05) is 36.4 Å². The lowest BCUT2D eigenvalue weighted by Crippen LogP contribution is -1.91. The Kier molecular flexibility index (Phi) is 4.36. The Morgan fingerprint density at radius 1 is 1.10 bits per heavy atom. The van der Waals surface area contributed by atoms with E-state index >= 15 is 0 Å². The molecule has 0 bridgehead atoms. The predicted molar refractivity (Wildman–Crippen MR) is 83.1 cm³/mol. The van der Waals surface area contributed by atoms with Gasteiger partial charge in [-0.15, -0.1) is 0 Å². The third kappa shape index (κ3) is 3.35. The van der Waals surface area contributed by atoms with Crippen LogP contribution in [0.1, 0.15) is 34.0 Å². The van der Waals surface area contributed by atoms with Crippen molar-refractivity contribution >= 4 is 17.9 Å². The van der Waals surface area contributed by atoms with Crippen molar-refractivity contribution in [1.29, 1.82) is 0 Å². The van der Waals surface area contributed by atoms with Gasteiger partial charge in [0.25, 0.3) is 0 Å². The summed E-state index contributed by atoms with van der Waals surface area (Å²) in [7, 11) is 1.66. The van der Waals surface area contributed by atoms with Crippen LogP contribution in [0, 0.1) is 6.92 Å². The van der Waals surface area contributed by atoms with Crippen LogP contribution >= 0.6 is 0 Å². The monoisotopic (exact) mass is 266 g/mol. The minimum absolute atomic E-state index is 0.0841. The maximum absolute atomic E-state index is 11.4. The van der Waals surface area contributed by atoms with E-state index in [0.29, 0.717) is 0 Å². The minimum Gasteiger partial charge on any atom is -0.497 e. The molecule has 20 heavy (non-hydrogen) atoms. The fraction of sp³-hybridized carbons (Fsp3) is 0.167. The standard InChI is InChI=1S/C18H18O2/c1-13-11-18(20-3)10-9-16(13)8-7-15-5-4-6-17(12-15)14(2)19/h4-12H,1-3H3/b8-7-. The average molecular weight is 266 g/mol. The van der Waals surface area contributed by atoms with Crippen LogP contribution in [0.5, 0.6) is 5.75 Å². The lowest BCUT2D eigenvalue weighted by molar-refractivity contribution is 0.101. The molecule has 0 spiro atoms. The van der Waals surface area contributed by atoms with E-state index in [1.807, 2.05) is 61.5 Å². The van der Waals surface area contributed by atoms with Crippen LogP contribution in [0.4, 0.5) is 0 Å². The highest BCUT2D eigenvalue weighted by Gasteiger charge is 1.99. The number of aryl methyl sites for hydroxylation is 1. The molecule has 0 radical (unpaired) electrons. The summed E-state index contributed by atoms with van der Waals surface area (Å²) >= 11 is 0. The number of methoxy groups -OCH3 is 1. The number of carbonyl (C=O) groups excluding carboxylic acids is 1. The molecule has 102 valence electrons. The second-order valence-corrected chi connectivity index (χ2v) is 4.74. The molecule has 0 unspecified atom stereocenters. The first kappa shape index (κ1) is 14.1. The fourth-order valence-electron chi connectivity index (χ4n) is 2.01. The molecule has 2 nitrogen and oxygen atoms in total. The van der Waals surface area contributed by atoms with Crippen molar-refractivity contribution in [2.24, 2.45) is 0 Å². The third-order valence-electron chi connectivity index (χ3n) is 3.23. The van der Waals surface area contributed by atoms with Crippen LogP contribution in [0.2, 0.25) is 0 Å². The van der Waals surface area contributed by atoms with E-state index < -0.39 is 0 Å². The van der Waals surface area contributed by atoms with Gasteiger partial charge in [0.05, 0.1) is 7.11 Å². The molecular formula is C18H18O2. The van der Waals surface area contributed by atoms with Crippen molar-refractivity contribution in [2.45, 2.75) is 13.8 Å². The van der Waals surface area contributed by atoms with Gasteiger partial charge in [-0.05, 0) is 48.7 Å². The molecule has 0 saturated heterocycles. The van der Waals surface area contributed by atoms with Crippen molar-refractivity contribution in [3.05, 3.63) is 64.7 Å². The van der Waals surface area contributed by atoms with E-state index in [4.69, 9.17) is 4.74 Å². The maximum atomic E-state index is 11.4.